The fraction of sp³-hybridized carbons (Fsp3) is 0.148. The van der Waals surface area contributed by atoms with Crippen molar-refractivity contribution in [2.24, 2.45) is 0 Å². The summed E-state index contributed by atoms with van der Waals surface area (Å²) in [4.78, 5) is 29.9. The fourth-order valence-corrected chi connectivity index (χ4v) is 4.54. The molecule has 3 aromatic carbocycles. The lowest BCUT2D eigenvalue weighted by Gasteiger charge is -2.22. The maximum absolute atomic E-state index is 12.1. The van der Waals surface area contributed by atoms with E-state index in [2.05, 4.69) is 22.3 Å². The SMILES string of the molecule is O=C(O)CNC(=O)c1ccc(CN(CCc2ccccc2)c2nc(-c3ccc(Cl)cc3)cs2)cc1. The molecule has 8 heteroatoms. The molecule has 0 aliphatic rings. The minimum absolute atomic E-state index is 0.409. The summed E-state index contributed by atoms with van der Waals surface area (Å²) in [5.74, 6) is -1.49. The normalized spacial score (nSPS) is 10.7. The molecular weight excluding hydrogens is 482 g/mol. The molecule has 0 aliphatic heterocycles. The third-order valence-corrected chi connectivity index (χ3v) is 6.56. The van der Waals surface area contributed by atoms with E-state index in [9.17, 15) is 9.59 Å². The number of carbonyl (C=O) groups is 2. The van der Waals surface area contributed by atoms with Gasteiger partial charge in [-0.05, 0) is 41.8 Å². The van der Waals surface area contributed by atoms with E-state index in [-0.39, 0.29) is 0 Å². The van der Waals surface area contributed by atoms with Crippen LogP contribution in [0.15, 0.2) is 84.2 Å². The Morgan fingerprint density at radius 1 is 0.943 bits per heavy atom. The van der Waals surface area contributed by atoms with Crippen molar-refractivity contribution in [3.63, 3.8) is 0 Å². The molecule has 0 saturated carbocycles. The number of aliphatic carboxylic acids is 1. The highest BCUT2D eigenvalue weighted by molar-refractivity contribution is 7.14. The average molecular weight is 506 g/mol. The van der Waals surface area contributed by atoms with E-state index in [1.54, 1.807) is 23.5 Å². The van der Waals surface area contributed by atoms with E-state index < -0.39 is 18.4 Å². The van der Waals surface area contributed by atoms with Gasteiger partial charge >= 0.3 is 5.97 Å². The van der Waals surface area contributed by atoms with Crippen molar-refractivity contribution in [1.82, 2.24) is 10.3 Å². The summed E-state index contributed by atoms with van der Waals surface area (Å²) in [5, 5.41) is 14.8. The molecule has 178 valence electrons. The van der Waals surface area contributed by atoms with Gasteiger partial charge in [-0.25, -0.2) is 4.98 Å². The van der Waals surface area contributed by atoms with E-state index >= 15 is 0 Å². The van der Waals surface area contributed by atoms with Crippen molar-refractivity contribution in [3.8, 4) is 11.3 Å². The summed E-state index contributed by atoms with van der Waals surface area (Å²) < 4.78 is 0. The van der Waals surface area contributed by atoms with E-state index in [1.165, 1.54) is 5.56 Å². The Bertz CT molecular complexity index is 1280. The van der Waals surface area contributed by atoms with E-state index in [0.717, 1.165) is 34.9 Å². The molecular formula is C27H24ClN3O3S. The Balaban J connectivity index is 1.51. The van der Waals surface area contributed by atoms with Crippen LogP contribution in [0.3, 0.4) is 0 Å². The number of hydrogen-bond acceptors (Lipinski definition) is 5. The number of nitrogens with one attached hydrogen (secondary N) is 1. The van der Waals surface area contributed by atoms with Crippen LogP contribution in [0.2, 0.25) is 5.02 Å². The molecule has 6 nitrogen and oxygen atoms in total. The number of carboxylic acid groups (broad SMARTS) is 1. The number of aromatic nitrogens is 1. The van der Waals surface area contributed by atoms with Crippen LogP contribution in [0.5, 0.6) is 0 Å². The monoisotopic (exact) mass is 505 g/mol. The quantitative estimate of drug-likeness (QED) is 0.296. The smallest absolute Gasteiger partial charge is 0.322 e. The van der Waals surface area contributed by atoms with Crippen molar-refractivity contribution in [2.45, 2.75) is 13.0 Å². The van der Waals surface area contributed by atoms with Gasteiger partial charge in [0.1, 0.15) is 6.54 Å². The van der Waals surface area contributed by atoms with Gasteiger partial charge in [0, 0.05) is 34.6 Å². The Labute approximate surface area is 212 Å². The van der Waals surface area contributed by atoms with Gasteiger partial charge in [-0.1, -0.05) is 66.2 Å². The molecule has 4 aromatic rings. The number of anilines is 1. The van der Waals surface area contributed by atoms with Gasteiger partial charge in [0.25, 0.3) is 5.91 Å². The summed E-state index contributed by atoms with van der Waals surface area (Å²) in [7, 11) is 0. The van der Waals surface area contributed by atoms with Crippen LogP contribution >= 0.6 is 22.9 Å². The highest BCUT2D eigenvalue weighted by atomic mass is 35.5. The number of halogens is 1. The summed E-state index contributed by atoms with van der Waals surface area (Å²) in [6.45, 7) is 0.990. The van der Waals surface area contributed by atoms with Crippen molar-refractivity contribution < 1.29 is 14.7 Å². The predicted octanol–water partition coefficient (Wildman–Crippen LogP) is 5.53. The van der Waals surface area contributed by atoms with Crippen LogP contribution < -0.4 is 10.2 Å². The molecule has 0 fully saturated rings. The van der Waals surface area contributed by atoms with Crippen LogP contribution in [0.1, 0.15) is 21.5 Å². The topological polar surface area (TPSA) is 82.5 Å². The Morgan fingerprint density at radius 3 is 2.34 bits per heavy atom. The molecule has 0 bridgehead atoms. The van der Waals surface area contributed by atoms with Crippen molar-refractivity contribution in [1.29, 1.82) is 0 Å². The molecule has 1 heterocycles. The minimum Gasteiger partial charge on any atom is -0.480 e. The highest BCUT2D eigenvalue weighted by Gasteiger charge is 2.14. The molecule has 1 aromatic heterocycles. The molecule has 0 unspecified atom stereocenters. The maximum Gasteiger partial charge on any atom is 0.322 e. The molecule has 2 N–H and O–H groups in total. The van der Waals surface area contributed by atoms with Crippen molar-refractivity contribution in [2.75, 3.05) is 18.0 Å². The second kappa shape index (κ2) is 11.6. The first-order valence-corrected chi connectivity index (χ1v) is 12.3. The summed E-state index contributed by atoms with van der Waals surface area (Å²) in [6.07, 6.45) is 0.867. The van der Waals surface area contributed by atoms with Crippen LogP contribution in [0.4, 0.5) is 5.13 Å². The Morgan fingerprint density at radius 2 is 1.66 bits per heavy atom. The lowest BCUT2D eigenvalue weighted by molar-refractivity contribution is -0.135. The lowest BCUT2D eigenvalue weighted by Crippen LogP contribution is -2.29. The average Bonchev–Trinajstić information content (AvgIpc) is 3.37. The van der Waals surface area contributed by atoms with Gasteiger partial charge in [0.05, 0.1) is 5.69 Å². The summed E-state index contributed by atoms with van der Waals surface area (Å²) in [5.41, 5.74) is 4.60. The highest BCUT2D eigenvalue weighted by Crippen LogP contribution is 2.29. The molecule has 0 aliphatic carbocycles. The van der Waals surface area contributed by atoms with Gasteiger partial charge in [-0.15, -0.1) is 11.3 Å². The van der Waals surface area contributed by atoms with Gasteiger partial charge in [0.2, 0.25) is 0 Å². The minimum atomic E-state index is -1.08. The fourth-order valence-electron chi connectivity index (χ4n) is 3.55. The van der Waals surface area contributed by atoms with Gasteiger partial charge in [0.15, 0.2) is 5.13 Å². The van der Waals surface area contributed by atoms with Crippen LogP contribution in [0.25, 0.3) is 11.3 Å². The van der Waals surface area contributed by atoms with E-state index in [1.807, 2.05) is 60.0 Å². The van der Waals surface area contributed by atoms with Crippen molar-refractivity contribution >= 4 is 39.9 Å². The van der Waals surface area contributed by atoms with Crippen LogP contribution in [-0.4, -0.2) is 35.1 Å². The first-order chi connectivity index (χ1) is 17.0. The molecule has 1 amide bonds. The number of nitrogens with zero attached hydrogens (tertiary/aromatic N) is 2. The largest absolute Gasteiger partial charge is 0.480 e. The van der Waals surface area contributed by atoms with Crippen molar-refractivity contribution in [3.05, 3.63) is 106 Å². The zero-order valence-electron chi connectivity index (χ0n) is 18.9. The molecule has 0 spiro atoms. The number of carbonyl (C=O) groups excluding carboxylic acids is 1. The zero-order valence-corrected chi connectivity index (χ0v) is 20.4. The number of amides is 1. The van der Waals surface area contributed by atoms with Crippen LogP contribution in [0, 0.1) is 0 Å². The summed E-state index contributed by atoms with van der Waals surface area (Å²) >= 11 is 7.62. The third kappa shape index (κ3) is 6.91. The van der Waals surface area contributed by atoms with Gasteiger partial charge in [-0.3, -0.25) is 9.59 Å². The number of carboxylic acids is 1. The lowest BCUT2D eigenvalue weighted by atomic mass is 10.1. The number of rotatable bonds is 10. The number of thiazole rings is 1. The molecule has 35 heavy (non-hydrogen) atoms. The molecule has 0 atom stereocenters. The first-order valence-electron chi connectivity index (χ1n) is 11.1. The molecule has 0 radical (unpaired) electrons. The molecule has 4 rings (SSSR count). The Hall–Kier alpha value is -3.68. The maximum atomic E-state index is 12.1. The second-order valence-corrected chi connectivity index (χ2v) is 9.23. The number of benzene rings is 3. The standard InChI is InChI=1S/C27H24ClN3O3S/c28-23-12-10-21(11-13-23)24-18-35-27(30-24)31(15-14-19-4-2-1-3-5-19)17-20-6-8-22(9-7-20)26(34)29-16-25(32)33/h1-13,18H,14-17H2,(H,29,34)(H,32,33). The predicted molar refractivity (Wildman–Crippen MR) is 140 cm³/mol. The third-order valence-electron chi connectivity index (χ3n) is 5.41. The van der Waals surface area contributed by atoms with Gasteiger partial charge < -0.3 is 15.3 Å². The Kier molecular flexibility index (Phi) is 8.13. The van der Waals surface area contributed by atoms with E-state index in [0.29, 0.717) is 17.1 Å². The first kappa shape index (κ1) is 24.4. The van der Waals surface area contributed by atoms with E-state index in [4.69, 9.17) is 21.7 Å². The summed E-state index contributed by atoms with van der Waals surface area (Å²) in [6, 6.07) is 25.2. The zero-order chi connectivity index (χ0) is 24.6. The second-order valence-electron chi connectivity index (χ2n) is 7.95. The number of hydrogen-bond donors (Lipinski definition) is 2. The van der Waals surface area contributed by atoms with Gasteiger partial charge in [-0.2, -0.15) is 0 Å². The van der Waals surface area contributed by atoms with Crippen LogP contribution in [-0.2, 0) is 17.8 Å². The molecule has 0 saturated heterocycles.